The van der Waals surface area contributed by atoms with Gasteiger partial charge in [-0.1, -0.05) is 0 Å². The standard InChI is InChI=1S/C14H15NO3S/c1-8-4-11(13(17)6-14(8)18-3)12(16)5-10-7-19-9(2)15-10/h4,6-7,17H,5H2,1-3H3. The van der Waals surface area contributed by atoms with E-state index in [1.807, 2.05) is 19.2 Å². The lowest BCUT2D eigenvalue weighted by atomic mass is 10.0. The molecule has 2 rings (SSSR count). The Balaban J connectivity index is 2.26. The third kappa shape index (κ3) is 2.93. The topological polar surface area (TPSA) is 59.4 Å². The zero-order valence-corrected chi connectivity index (χ0v) is 11.9. The predicted molar refractivity (Wildman–Crippen MR) is 74.3 cm³/mol. The summed E-state index contributed by atoms with van der Waals surface area (Å²) in [6.07, 6.45) is 0.198. The number of benzene rings is 1. The lowest BCUT2D eigenvalue weighted by molar-refractivity contribution is 0.0989. The summed E-state index contributed by atoms with van der Waals surface area (Å²) in [5, 5.41) is 12.7. The number of phenols is 1. The van der Waals surface area contributed by atoms with E-state index in [0.717, 1.165) is 16.3 Å². The number of phenolic OH excluding ortho intramolecular Hbond substituents is 1. The Bertz CT molecular complexity index is 619. The van der Waals surface area contributed by atoms with Crippen LogP contribution in [-0.4, -0.2) is 23.0 Å². The van der Waals surface area contributed by atoms with Gasteiger partial charge < -0.3 is 9.84 Å². The molecule has 1 heterocycles. The summed E-state index contributed by atoms with van der Waals surface area (Å²) in [6, 6.07) is 3.12. The van der Waals surface area contributed by atoms with E-state index in [4.69, 9.17) is 4.74 Å². The van der Waals surface area contributed by atoms with Crippen molar-refractivity contribution in [2.45, 2.75) is 20.3 Å². The number of rotatable bonds is 4. The number of ketones is 1. The van der Waals surface area contributed by atoms with E-state index < -0.39 is 0 Å². The van der Waals surface area contributed by atoms with Crippen LogP contribution in [0.2, 0.25) is 0 Å². The summed E-state index contributed by atoms with van der Waals surface area (Å²) < 4.78 is 5.10. The lowest BCUT2D eigenvalue weighted by Crippen LogP contribution is -2.05. The Morgan fingerprint density at radius 1 is 1.42 bits per heavy atom. The molecule has 5 heteroatoms. The third-order valence-corrected chi connectivity index (χ3v) is 3.64. The fourth-order valence-electron chi connectivity index (χ4n) is 1.87. The van der Waals surface area contributed by atoms with Crippen molar-refractivity contribution in [1.29, 1.82) is 0 Å². The first-order valence-electron chi connectivity index (χ1n) is 5.83. The number of hydrogen-bond acceptors (Lipinski definition) is 5. The zero-order chi connectivity index (χ0) is 14.0. The van der Waals surface area contributed by atoms with E-state index in [2.05, 4.69) is 4.98 Å². The molecule has 0 spiro atoms. The molecule has 100 valence electrons. The number of Topliss-reactive ketones (excluding diaryl/α,β-unsaturated/α-hetero) is 1. The van der Waals surface area contributed by atoms with E-state index in [9.17, 15) is 9.90 Å². The van der Waals surface area contributed by atoms with Crippen molar-refractivity contribution in [1.82, 2.24) is 4.98 Å². The van der Waals surface area contributed by atoms with Crippen LogP contribution in [0.1, 0.15) is 26.6 Å². The van der Waals surface area contributed by atoms with Crippen molar-refractivity contribution < 1.29 is 14.6 Å². The highest BCUT2D eigenvalue weighted by molar-refractivity contribution is 7.09. The Kier molecular flexibility index (Phi) is 3.85. The summed E-state index contributed by atoms with van der Waals surface area (Å²) in [7, 11) is 1.53. The number of aromatic nitrogens is 1. The predicted octanol–water partition coefficient (Wildman–Crippen LogP) is 2.90. The first-order chi connectivity index (χ1) is 9.01. The molecule has 0 radical (unpaired) electrons. The monoisotopic (exact) mass is 277 g/mol. The molecule has 2 aromatic rings. The van der Waals surface area contributed by atoms with Crippen LogP contribution in [-0.2, 0) is 6.42 Å². The molecule has 1 aromatic carbocycles. The van der Waals surface area contributed by atoms with Crippen molar-refractivity contribution in [2.75, 3.05) is 7.11 Å². The molecule has 4 nitrogen and oxygen atoms in total. The fourth-order valence-corrected chi connectivity index (χ4v) is 2.48. The van der Waals surface area contributed by atoms with Crippen molar-refractivity contribution in [3.63, 3.8) is 0 Å². The Labute approximate surface area is 115 Å². The number of hydrogen-bond donors (Lipinski definition) is 1. The van der Waals surface area contributed by atoms with Crippen LogP contribution in [0.3, 0.4) is 0 Å². The number of aromatic hydroxyl groups is 1. The van der Waals surface area contributed by atoms with Gasteiger partial charge in [-0.25, -0.2) is 4.98 Å². The van der Waals surface area contributed by atoms with Crippen molar-refractivity contribution in [2.24, 2.45) is 0 Å². The SMILES string of the molecule is COc1cc(O)c(C(=O)Cc2csc(C)n2)cc1C. The minimum Gasteiger partial charge on any atom is -0.507 e. The number of thiazole rings is 1. The van der Waals surface area contributed by atoms with E-state index >= 15 is 0 Å². The van der Waals surface area contributed by atoms with Crippen LogP contribution < -0.4 is 4.74 Å². The normalized spacial score (nSPS) is 10.5. The molecule has 0 bridgehead atoms. The maximum Gasteiger partial charge on any atom is 0.172 e. The van der Waals surface area contributed by atoms with Gasteiger partial charge in [-0.05, 0) is 25.5 Å². The summed E-state index contributed by atoms with van der Waals surface area (Å²) >= 11 is 1.51. The van der Waals surface area contributed by atoms with E-state index in [-0.39, 0.29) is 18.0 Å². The van der Waals surface area contributed by atoms with Crippen LogP contribution in [0.4, 0.5) is 0 Å². The molecule has 0 fully saturated rings. The number of carbonyl (C=O) groups excluding carboxylic acids is 1. The second kappa shape index (κ2) is 5.40. The zero-order valence-electron chi connectivity index (χ0n) is 11.1. The molecule has 1 aromatic heterocycles. The van der Waals surface area contributed by atoms with E-state index in [0.29, 0.717) is 11.3 Å². The molecule has 0 unspecified atom stereocenters. The smallest absolute Gasteiger partial charge is 0.172 e. The molecule has 0 aliphatic rings. The van der Waals surface area contributed by atoms with Crippen molar-refractivity contribution >= 4 is 17.1 Å². The molecule has 0 saturated heterocycles. The molecular weight excluding hydrogens is 262 g/mol. The van der Waals surface area contributed by atoms with Gasteiger partial charge in [0.1, 0.15) is 11.5 Å². The second-order valence-corrected chi connectivity index (χ2v) is 5.36. The fraction of sp³-hybridized carbons (Fsp3) is 0.286. The van der Waals surface area contributed by atoms with Crippen LogP contribution in [0.25, 0.3) is 0 Å². The largest absolute Gasteiger partial charge is 0.507 e. The van der Waals surface area contributed by atoms with E-state index in [1.54, 1.807) is 6.07 Å². The van der Waals surface area contributed by atoms with Crippen LogP contribution in [0.5, 0.6) is 11.5 Å². The summed E-state index contributed by atoms with van der Waals surface area (Å²) in [5.74, 6) is 0.367. The number of nitrogens with zero attached hydrogens (tertiary/aromatic N) is 1. The second-order valence-electron chi connectivity index (χ2n) is 4.30. The average Bonchev–Trinajstić information content (AvgIpc) is 2.77. The number of methoxy groups -OCH3 is 1. The highest BCUT2D eigenvalue weighted by Gasteiger charge is 2.15. The molecule has 0 atom stereocenters. The van der Waals surface area contributed by atoms with Gasteiger partial charge in [-0.2, -0.15) is 0 Å². The molecule has 0 aliphatic heterocycles. The van der Waals surface area contributed by atoms with Gasteiger partial charge >= 0.3 is 0 Å². The third-order valence-electron chi connectivity index (χ3n) is 2.82. The Morgan fingerprint density at radius 3 is 2.74 bits per heavy atom. The summed E-state index contributed by atoms with van der Waals surface area (Å²) in [5.41, 5.74) is 1.86. The first kappa shape index (κ1) is 13.5. The van der Waals surface area contributed by atoms with Crippen molar-refractivity contribution in [3.05, 3.63) is 39.3 Å². The van der Waals surface area contributed by atoms with Crippen molar-refractivity contribution in [3.8, 4) is 11.5 Å². The molecule has 0 amide bonds. The van der Waals surface area contributed by atoms with Crippen LogP contribution in [0.15, 0.2) is 17.5 Å². The average molecular weight is 277 g/mol. The van der Waals surface area contributed by atoms with Gasteiger partial charge in [-0.3, -0.25) is 4.79 Å². The quantitative estimate of drug-likeness (QED) is 0.873. The molecule has 0 saturated carbocycles. The maximum absolute atomic E-state index is 12.2. The number of ether oxygens (including phenoxy) is 1. The van der Waals surface area contributed by atoms with Gasteiger partial charge in [0, 0.05) is 11.4 Å². The number of carbonyl (C=O) groups is 1. The molecule has 19 heavy (non-hydrogen) atoms. The molecule has 0 aliphatic carbocycles. The summed E-state index contributed by atoms with van der Waals surface area (Å²) in [6.45, 7) is 3.73. The highest BCUT2D eigenvalue weighted by atomic mass is 32.1. The van der Waals surface area contributed by atoms with Gasteiger partial charge in [0.2, 0.25) is 0 Å². The van der Waals surface area contributed by atoms with E-state index in [1.165, 1.54) is 24.5 Å². The number of aryl methyl sites for hydroxylation is 2. The molecular formula is C14H15NO3S. The molecule has 1 N–H and O–H groups in total. The highest BCUT2D eigenvalue weighted by Crippen LogP contribution is 2.28. The first-order valence-corrected chi connectivity index (χ1v) is 6.71. The van der Waals surface area contributed by atoms with Gasteiger partial charge in [0.05, 0.1) is 29.8 Å². The minimum atomic E-state index is -0.145. The van der Waals surface area contributed by atoms with Gasteiger partial charge in [0.25, 0.3) is 0 Å². The van der Waals surface area contributed by atoms with Gasteiger partial charge in [0.15, 0.2) is 5.78 Å². The van der Waals surface area contributed by atoms with Gasteiger partial charge in [-0.15, -0.1) is 11.3 Å². The minimum absolute atomic E-state index is 0.0561. The van der Waals surface area contributed by atoms with Crippen LogP contribution >= 0.6 is 11.3 Å². The lowest BCUT2D eigenvalue weighted by Gasteiger charge is -2.09. The van der Waals surface area contributed by atoms with Crippen LogP contribution in [0, 0.1) is 13.8 Å². The Hall–Kier alpha value is -1.88. The Morgan fingerprint density at radius 2 is 2.16 bits per heavy atom. The maximum atomic E-state index is 12.2. The summed E-state index contributed by atoms with van der Waals surface area (Å²) in [4.78, 5) is 16.4.